The first-order chi connectivity index (χ1) is 20.7. The van der Waals surface area contributed by atoms with Gasteiger partial charge in [0.25, 0.3) is 0 Å². The van der Waals surface area contributed by atoms with Crippen LogP contribution in [0.3, 0.4) is 0 Å². The van der Waals surface area contributed by atoms with Gasteiger partial charge in [0.1, 0.15) is 6.04 Å². The van der Waals surface area contributed by atoms with E-state index in [-0.39, 0.29) is 23.6 Å². The van der Waals surface area contributed by atoms with E-state index in [1.165, 1.54) is 0 Å². The number of H-pyrrole nitrogens is 1. The van der Waals surface area contributed by atoms with Gasteiger partial charge in [0.15, 0.2) is 0 Å². The topological polar surface area (TPSA) is 88.8 Å². The van der Waals surface area contributed by atoms with Crippen LogP contribution in [0.25, 0.3) is 10.9 Å². The second-order valence-corrected chi connectivity index (χ2v) is 12.9. The van der Waals surface area contributed by atoms with Gasteiger partial charge < -0.3 is 25.0 Å². The lowest BCUT2D eigenvalue weighted by molar-refractivity contribution is -0.132. The second-order valence-electron chi connectivity index (χ2n) is 12.5. The first-order valence-electron chi connectivity index (χ1n) is 15.6. The van der Waals surface area contributed by atoms with Gasteiger partial charge in [-0.2, -0.15) is 0 Å². The number of anilines is 1. The average Bonchev–Trinajstić information content (AvgIpc) is 3.41. The summed E-state index contributed by atoms with van der Waals surface area (Å²) in [6.45, 7) is 4.84. The summed E-state index contributed by atoms with van der Waals surface area (Å²) in [4.78, 5) is 49.1. The van der Waals surface area contributed by atoms with Crippen molar-refractivity contribution >= 4 is 45.9 Å². The lowest BCUT2D eigenvalue weighted by Gasteiger charge is -2.37. The Bertz CT molecular complexity index is 1440. The number of carbonyl (C=O) groups is 3. The number of nitrogens with one attached hydrogen (secondary N) is 2. The Hall–Kier alpha value is -3.36. The summed E-state index contributed by atoms with van der Waals surface area (Å²) in [5.74, 6) is 0.643. The number of carbonyl (C=O) groups excluding carboxylic acids is 3. The van der Waals surface area contributed by atoms with Gasteiger partial charge in [0, 0.05) is 73.3 Å². The number of rotatable bonds is 10. The van der Waals surface area contributed by atoms with Crippen molar-refractivity contribution in [3.8, 4) is 0 Å². The van der Waals surface area contributed by atoms with Gasteiger partial charge >= 0.3 is 0 Å². The van der Waals surface area contributed by atoms with Gasteiger partial charge in [0.05, 0.1) is 0 Å². The molecule has 1 aromatic heterocycles. The van der Waals surface area contributed by atoms with E-state index in [1.54, 1.807) is 0 Å². The van der Waals surface area contributed by atoms with Crippen molar-refractivity contribution in [1.29, 1.82) is 0 Å². The fraction of sp³-hybridized carbons (Fsp3) is 0.500. The molecule has 1 saturated heterocycles. The molecule has 3 heterocycles. The molecule has 8 nitrogen and oxygen atoms in total. The number of hydrogen-bond donors (Lipinski definition) is 2. The second kappa shape index (κ2) is 14.0. The Morgan fingerprint density at radius 1 is 1.09 bits per heavy atom. The maximum atomic E-state index is 14.4. The molecule has 3 aromatic rings. The van der Waals surface area contributed by atoms with Gasteiger partial charge in [-0.3, -0.25) is 14.4 Å². The third-order valence-electron chi connectivity index (χ3n) is 8.95. The van der Waals surface area contributed by atoms with E-state index < -0.39 is 6.04 Å². The Balaban J connectivity index is 1.34. The van der Waals surface area contributed by atoms with Gasteiger partial charge in [-0.1, -0.05) is 36.7 Å². The molecule has 2 aliphatic rings. The predicted octanol–water partition coefficient (Wildman–Crippen LogP) is 5.04. The Kier molecular flexibility index (Phi) is 10.1. The maximum absolute atomic E-state index is 14.4. The number of amides is 3. The van der Waals surface area contributed by atoms with Crippen molar-refractivity contribution < 1.29 is 14.4 Å². The molecule has 0 unspecified atom stereocenters. The number of nitrogens with zero attached hydrogens (tertiary/aromatic N) is 3. The first kappa shape index (κ1) is 31.1. The predicted molar refractivity (Wildman–Crippen MR) is 172 cm³/mol. The third kappa shape index (κ3) is 7.60. The fourth-order valence-corrected chi connectivity index (χ4v) is 6.96. The van der Waals surface area contributed by atoms with Gasteiger partial charge in [-0.25, -0.2) is 0 Å². The van der Waals surface area contributed by atoms with Crippen LogP contribution >= 0.6 is 11.6 Å². The van der Waals surface area contributed by atoms with E-state index in [9.17, 15) is 14.4 Å². The summed E-state index contributed by atoms with van der Waals surface area (Å²) < 4.78 is 0. The highest BCUT2D eigenvalue weighted by molar-refractivity contribution is 6.30. The summed E-state index contributed by atoms with van der Waals surface area (Å²) in [7, 11) is 4.09. The Labute approximate surface area is 259 Å². The number of halogens is 1. The average molecular weight is 606 g/mol. The molecule has 230 valence electrons. The normalized spacial score (nSPS) is 18.1. The molecule has 0 radical (unpaired) electrons. The molecule has 0 saturated carbocycles. The molecule has 2 N–H and O–H groups in total. The van der Waals surface area contributed by atoms with E-state index in [0.29, 0.717) is 36.7 Å². The molecular weight excluding hydrogens is 562 g/mol. The largest absolute Gasteiger partial charge is 0.361 e. The number of likely N-dealkylation sites (tertiary alicyclic amines) is 1. The number of benzene rings is 2. The van der Waals surface area contributed by atoms with Crippen LogP contribution < -0.4 is 10.2 Å². The number of hydrogen-bond acceptors (Lipinski definition) is 4. The van der Waals surface area contributed by atoms with E-state index in [4.69, 9.17) is 11.6 Å². The number of aromatic amines is 1. The highest BCUT2D eigenvalue weighted by Crippen LogP contribution is 2.33. The third-order valence-corrected chi connectivity index (χ3v) is 9.19. The fourth-order valence-electron chi connectivity index (χ4n) is 6.77. The summed E-state index contributed by atoms with van der Waals surface area (Å²) in [6.07, 6.45) is 6.66. The molecule has 1 fully saturated rings. The summed E-state index contributed by atoms with van der Waals surface area (Å²) >= 11 is 6.38. The zero-order valence-corrected chi connectivity index (χ0v) is 26.3. The minimum atomic E-state index is -0.711. The number of para-hydroxylation sites is 1. The van der Waals surface area contributed by atoms with Crippen LogP contribution in [0.1, 0.15) is 50.2 Å². The van der Waals surface area contributed by atoms with Crippen LogP contribution in [0.5, 0.6) is 0 Å². The Morgan fingerprint density at radius 3 is 2.60 bits per heavy atom. The molecule has 5 rings (SSSR count). The van der Waals surface area contributed by atoms with Crippen LogP contribution in [0.4, 0.5) is 5.69 Å². The Morgan fingerprint density at radius 2 is 1.86 bits per heavy atom. The van der Waals surface area contributed by atoms with Gasteiger partial charge in [-0.15, -0.1) is 0 Å². The van der Waals surface area contributed by atoms with Crippen molar-refractivity contribution in [3.63, 3.8) is 0 Å². The van der Waals surface area contributed by atoms with Crippen molar-refractivity contribution in [2.75, 3.05) is 45.2 Å². The van der Waals surface area contributed by atoms with E-state index in [0.717, 1.165) is 73.0 Å². The minimum absolute atomic E-state index is 0.1000. The molecule has 43 heavy (non-hydrogen) atoms. The minimum Gasteiger partial charge on any atom is -0.361 e. The van der Waals surface area contributed by atoms with Crippen LogP contribution in [0, 0.1) is 11.8 Å². The highest BCUT2D eigenvalue weighted by Gasteiger charge is 2.34. The van der Waals surface area contributed by atoms with Crippen LogP contribution in [0.2, 0.25) is 5.02 Å². The van der Waals surface area contributed by atoms with E-state index in [1.807, 2.05) is 79.5 Å². The molecule has 0 aliphatic carbocycles. The summed E-state index contributed by atoms with van der Waals surface area (Å²) in [6, 6.07) is 13.1. The lowest BCUT2D eigenvalue weighted by Crippen LogP contribution is -2.53. The van der Waals surface area contributed by atoms with Crippen LogP contribution in [-0.4, -0.2) is 78.8 Å². The zero-order chi connectivity index (χ0) is 30.5. The molecule has 3 amide bonds. The number of aromatic nitrogens is 1. The zero-order valence-electron chi connectivity index (χ0n) is 25.6. The highest BCUT2D eigenvalue weighted by atomic mass is 35.5. The van der Waals surface area contributed by atoms with E-state index >= 15 is 0 Å². The molecule has 9 heteroatoms. The van der Waals surface area contributed by atoms with E-state index in [2.05, 4.69) is 15.2 Å². The monoisotopic (exact) mass is 605 g/mol. The molecule has 0 bridgehead atoms. The van der Waals surface area contributed by atoms with Crippen LogP contribution in [0.15, 0.2) is 48.7 Å². The molecular formula is C34H44ClN5O3. The first-order valence-corrected chi connectivity index (χ1v) is 16.0. The molecule has 0 spiro atoms. The van der Waals surface area contributed by atoms with Crippen molar-refractivity contribution in [3.05, 3.63) is 64.8 Å². The standard InChI is InChI=1S/C34H44ClN5O3/c1-4-33(42)39-15-13-23(14-16-39)9-12-32(41)37-30(19-26-20-36-29-8-6-5-7-28(26)29)34(43)40-22-24(21-38(2)3)17-25-18-27(35)10-11-31(25)40/h5-8,10-11,18,20,23-24,30,36H,4,9,12-17,19,21-22H2,1-3H3,(H,37,41)/t24-,30-/m1/s1. The van der Waals surface area contributed by atoms with Crippen molar-refractivity contribution in [1.82, 2.24) is 20.1 Å². The van der Waals surface area contributed by atoms with Crippen LogP contribution in [-0.2, 0) is 27.2 Å². The lowest BCUT2D eigenvalue weighted by atomic mass is 9.90. The van der Waals surface area contributed by atoms with Crippen molar-refractivity contribution in [2.24, 2.45) is 11.8 Å². The van der Waals surface area contributed by atoms with Gasteiger partial charge in [0.2, 0.25) is 17.7 Å². The number of fused-ring (bicyclic) bond motifs is 2. The molecule has 2 aromatic carbocycles. The smallest absolute Gasteiger partial charge is 0.249 e. The van der Waals surface area contributed by atoms with Crippen molar-refractivity contribution in [2.45, 2.75) is 57.9 Å². The molecule has 2 aliphatic heterocycles. The molecule has 2 atom stereocenters. The maximum Gasteiger partial charge on any atom is 0.249 e. The number of piperidine rings is 1. The van der Waals surface area contributed by atoms with Gasteiger partial charge in [-0.05, 0) is 87.0 Å². The SMILES string of the molecule is CCC(=O)N1CCC(CCC(=O)N[C@H](Cc2c[nH]c3ccccc23)C(=O)N2C[C@@H](CN(C)C)Cc3cc(Cl)ccc32)CC1. The quantitative estimate of drug-likeness (QED) is 0.339. The summed E-state index contributed by atoms with van der Waals surface area (Å²) in [5.41, 5.74) is 3.94. The summed E-state index contributed by atoms with van der Waals surface area (Å²) in [5, 5.41) is 4.86.